The first-order valence-corrected chi connectivity index (χ1v) is 5.97. The normalized spacial score (nSPS) is 14.1. The Balaban J connectivity index is 3.13. The molecule has 0 aromatic carbocycles. The second-order valence-electron chi connectivity index (χ2n) is 4.31. The van der Waals surface area contributed by atoms with Gasteiger partial charge in [0.1, 0.15) is 6.26 Å². The van der Waals surface area contributed by atoms with Gasteiger partial charge in [-0.05, 0) is 17.2 Å². The van der Waals surface area contributed by atoms with E-state index in [2.05, 4.69) is 25.8 Å². The summed E-state index contributed by atoms with van der Waals surface area (Å²) in [5, 5.41) is 0. The van der Waals surface area contributed by atoms with Crippen LogP contribution < -0.4 is 5.73 Å². The van der Waals surface area contributed by atoms with E-state index in [4.69, 9.17) is 5.73 Å². The van der Waals surface area contributed by atoms with Crippen molar-refractivity contribution in [2.45, 2.75) is 31.1 Å². The Kier molecular flexibility index (Phi) is 3.07. The highest BCUT2D eigenvalue weighted by molar-refractivity contribution is 7.90. The van der Waals surface area contributed by atoms with Crippen LogP contribution in [0.5, 0.6) is 0 Å². The molecule has 1 heterocycles. The summed E-state index contributed by atoms with van der Waals surface area (Å²) >= 11 is -1.06. The van der Waals surface area contributed by atoms with Crippen molar-refractivity contribution in [1.82, 2.24) is 4.98 Å². The minimum absolute atomic E-state index is 0.0259. The van der Waals surface area contributed by atoms with Gasteiger partial charge in [-0.25, -0.2) is 0 Å². The van der Waals surface area contributed by atoms with Crippen molar-refractivity contribution in [3.63, 3.8) is 0 Å². The lowest BCUT2D eigenvalue weighted by atomic mass is 9.91. The van der Waals surface area contributed by atoms with Gasteiger partial charge in [0.05, 0.1) is 11.9 Å². The van der Waals surface area contributed by atoms with Gasteiger partial charge in [0, 0.05) is 11.1 Å². The molecule has 3 nitrogen and oxygen atoms in total. The van der Waals surface area contributed by atoms with Crippen molar-refractivity contribution in [1.29, 1.82) is 0 Å². The van der Waals surface area contributed by atoms with Crippen LogP contribution in [-0.4, -0.2) is 15.8 Å². The molecule has 1 aromatic rings. The number of anilines is 1. The fraction of sp³-hybridized carbons (Fsp3) is 0.500. The molecule has 78 valence electrons. The fourth-order valence-corrected chi connectivity index (χ4v) is 1.70. The predicted octanol–water partition coefficient (Wildman–Crippen LogP) is 1.70. The largest absolute Gasteiger partial charge is 0.612 e. The standard InChI is InChI=1S/C10H16N2OS/c1-10(2,3)9-5-7(11)8(6-12-9)14(4)13/h5-6H,1-4H3,(H2,11,12). The predicted molar refractivity (Wildman–Crippen MR) is 59.7 cm³/mol. The average molecular weight is 212 g/mol. The van der Waals surface area contributed by atoms with E-state index in [0.717, 1.165) is 5.69 Å². The van der Waals surface area contributed by atoms with Gasteiger partial charge in [-0.2, -0.15) is 0 Å². The molecule has 0 saturated carbocycles. The molecule has 1 unspecified atom stereocenters. The van der Waals surface area contributed by atoms with Crippen molar-refractivity contribution in [3.05, 3.63) is 18.0 Å². The van der Waals surface area contributed by atoms with Crippen LogP contribution in [0.1, 0.15) is 26.5 Å². The smallest absolute Gasteiger partial charge is 0.193 e. The molecule has 4 heteroatoms. The minimum atomic E-state index is -1.06. The molecule has 0 saturated heterocycles. The molecule has 0 radical (unpaired) electrons. The third kappa shape index (κ3) is 2.39. The summed E-state index contributed by atoms with van der Waals surface area (Å²) in [6.07, 6.45) is 3.20. The van der Waals surface area contributed by atoms with Gasteiger partial charge in [0.15, 0.2) is 4.90 Å². The van der Waals surface area contributed by atoms with E-state index < -0.39 is 11.2 Å². The number of nitrogens with zero attached hydrogens (tertiary/aromatic N) is 1. The maximum Gasteiger partial charge on any atom is 0.193 e. The van der Waals surface area contributed by atoms with Gasteiger partial charge < -0.3 is 10.3 Å². The molecule has 0 aliphatic carbocycles. The molecular formula is C10H16N2OS. The van der Waals surface area contributed by atoms with E-state index >= 15 is 0 Å². The average Bonchev–Trinajstić information content (AvgIpc) is 2.01. The molecule has 0 aliphatic heterocycles. The highest BCUT2D eigenvalue weighted by Crippen LogP contribution is 2.25. The topological polar surface area (TPSA) is 62.0 Å². The highest BCUT2D eigenvalue weighted by atomic mass is 32.2. The second kappa shape index (κ2) is 3.79. The number of rotatable bonds is 1. The zero-order valence-corrected chi connectivity index (χ0v) is 9.81. The zero-order chi connectivity index (χ0) is 10.9. The van der Waals surface area contributed by atoms with Crippen LogP contribution in [0.25, 0.3) is 0 Å². The van der Waals surface area contributed by atoms with Crippen LogP contribution in [0.2, 0.25) is 0 Å². The molecular weight excluding hydrogens is 196 g/mol. The Morgan fingerprint density at radius 3 is 2.36 bits per heavy atom. The summed E-state index contributed by atoms with van der Waals surface area (Å²) in [5.41, 5.74) is 7.24. The van der Waals surface area contributed by atoms with E-state index in [1.165, 1.54) is 0 Å². The number of nitrogens with two attached hydrogens (primary N) is 1. The number of nitrogen functional groups attached to an aromatic ring is 1. The molecule has 14 heavy (non-hydrogen) atoms. The minimum Gasteiger partial charge on any atom is -0.612 e. The van der Waals surface area contributed by atoms with Crippen LogP contribution >= 0.6 is 0 Å². The van der Waals surface area contributed by atoms with Crippen LogP contribution in [0.15, 0.2) is 17.2 Å². The summed E-state index contributed by atoms with van der Waals surface area (Å²) in [7, 11) is 0. The van der Waals surface area contributed by atoms with Crippen LogP contribution in [0.3, 0.4) is 0 Å². The summed E-state index contributed by atoms with van der Waals surface area (Å²) < 4.78 is 11.2. The summed E-state index contributed by atoms with van der Waals surface area (Å²) in [5.74, 6) is 0. The molecule has 1 atom stereocenters. The maximum absolute atomic E-state index is 11.2. The van der Waals surface area contributed by atoms with Crippen molar-refractivity contribution in [2.24, 2.45) is 0 Å². The first kappa shape index (κ1) is 11.3. The molecule has 0 spiro atoms. The van der Waals surface area contributed by atoms with Gasteiger partial charge in [-0.3, -0.25) is 4.98 Å². The van der Waals surface area contributed by atoms with Gasteiger partial charge >= 0.3 is 0 Å². The van der Waals surface area contributed by atoms with Gasteiger partial charge in [-0.1, -0.05) is 20.8 Å². The van der Waals surface area contributed by atoms with E-state index in [1.54, 1.807) is 18.5 Å². The van der Waals surface area contributed by atoms with E-state index in [0.29, 0.717) is 10.6 Å². The summed E-state index contributed by atoms with van der Waals surface area (Å²) in [4.78, 5) is 4.87. The first-order valence-electron chi connectivity index (χ1n) is 4.42. The molecule has 0 fully saturated rings. The lowest BCUT2D eigenvalue weighted by molar-refractivity contribution is 0.566. The Morgan fingerprint density at radius 1 is 1.43 bits per heavy atom. The van der Waals surface area contributed by atoms with Crippen molar-refractivity contribution in [2.75, 3.05) is 12.0 Å². The number of aromatic nitrogens is 1. The van der Waals surface area contributed by atoms with E-state index in [1.807, 2.05) is 0 Å². The van der Waals surface area contributed by atoms with E-state index in [9.17, 15) is 4.55 Å². The van der Waals surface area contributed by atoms with Crippen LogP contribution in [0.4, 0.5) is 5.69 Å². The molecule has 0 aliphatic rings. The Hall–Kier alpha value is -0.740. The highest BCUT2D eigenvalue weighted by Gasteiger charge is 2.18. The fourth-order valence-electron chi connectivity index (χ4n) is 1.11. The first-order chi connectivity index (χ1) is 6.32. The number of hydrogen-bond acceptors (Lipinski definition) is 3. The van der Waals surface area contributed by atoms with Crippen molar-refractivity contribution < 1.29 is 4.55 Å². The third-order valence-electron chi connectivity index (χ3n) is 1.98. The number of pyridine rings is 1. The summed E-state index contributed by atoms with van der Waals surface area (Å²) in [6.45, 7) is 6.20. The van der Waals surface area contributed by atoms with Crippen molar-refractivity contribution in [3.8, 4) is 0 Å². The Bertz CT molecular complexity index is 331. The Morgan fingerprint density at radius 2 is 2.00 bits per heavy atom. The van der Waals surface area contributed by atoms with Gasteiger partial charge in [0.25, 0.3) is 0 Å². The molecule has 0 amide bonds. The molecule has 2 N–H and O–H groups in total. The lowest BCUT2D eigenvalue weighted by Crippen LogP contribution is -2.15. The maximum atomic E-state index is 11.2. The quantitative estimate of drug-likeness (QED) is 0.721. The van der Waals surface area contributed by atoms with Gasteiger partial charge in [0.2, 0.25) is 0 Å². The lowest BCUT2D eigenvalue weighted by Gasteiger charge is -2.18. The number of hydrogen-bond donors (Lipinski definition) is 1. The van der Waals surface area contributed by atoms with Crippen molar-refractivity contribution >= 4 is 16.9 Å². The SMILES string of the molecule is C[S+]([O-])c1cnc(C(C)(C)C)cc1N. The van der Waals surface area contributed by atoms with Crippen LogP contribution in [-0.2, 0) is 16.6 Å². The second-order valence-corrected chi connectivity index (χ2v) is 5.66. The van der Waals surface area contributed by atoms with Gasteiger partial charge in [-0.15, -0.1) is 0 Å². The summed E-state index contributed by atoms with van der Waals surface area (Å²) in [6, 6.07) is 1.80. The third-order valence-corrected chi connectivity index (χ3v) is 2.94. The van der Waals surface area contributed by atoms with E-state index in [-0.39, 0.29) is 5.41 Å². The molecule has 1 rings (SSSR count). The molecule has 1 aromatic heterocycles. The van der Waals surface area contributed by atoms with Crippen LogP contribution in [0, 0.1) is 0 Å². The zero-order valence-electron chi connectivity index (χ0n) is 9.00. The molecule has 0 bridgehead atoms. The Labute approximate surface area is 87.9 Å². The monoisotopic (exact) mass is 212 g/mol.